The van der Waals surface area contributed by atoms with Crippen molar-refractivity contribution in [3.8, 4) is 5.75 Å². The first kappa shape index (κ1) is 21.8. The predicted octanol–water partition coefficient (Wildman–Crippen LogP) is 2.77. The second-order valence-electron chi connectivity index (χ2n) is 7.11. The van der Waals surface area contributed by atoms with Crippen LogP contribution in [0.3, 0.4) is 0 Å². The number of para-hydroxylation sites is 1. The third-order valence-electron chi connectivity index (χ3n) is 5.00. The molecule has 1 amide bonds. The summed E-state index contributed by atoms with van der Waals surface area (Å²) in [4.78, 5) is 18.1. The normalized spacial score (nSPS) is 19.4. The molecule has 3 rings (SSSR count). The smallest absolute Gasteiger partial charge is 0.222 e. The maximum absolute atomic E-state index is 11.8. The van der Waals surface area contributed by atoms with Crippen LogP contribution in [0.15, 0.2) is 29.3 Å². The lowest BCUT2D eigenvalue weighted by Gasteiger charge is -2.19. The molecule has 1 atom stereocenters. The molecule has 2 fully saturated rings. The van der Waals surface area contributed by atoms with Crippen LogP contribution in [0.4, 0.5) is 0 Å². The van der Waals surface area contributed by atoms with Crippen molar-refractivity contribution < 1.29 is 9.53 Å². The minimum atomic E-state index is 0. The fraction of sp³-hybridized carbons (Fsp3) is 0.600. The number of carbonyl (C=O) groups excluding carboxylic acids is 1. The highest BCUT2D eigenvalue weighted by Crippen LogP contribution is 2.30. The predicted molar refractivity (Wildman–Crippen MR) is 119 cm³/mol. The van der Waals surface area contributed by atoms with E-state index in [-0.39, 0.29) is 35.9 Å². The van der Waals surface area contributed by atoms with Crippen molar-refractivity contribution in [2.45, 2.75) is 45.2 Å². The Hall–Kier alpha value is -1.51. The minimum absolute atomic E-state index is 0. The summed E-state index contributed by atoms with van der Waals surface area (Å²) in [6.07, 6.45) is 4.09. The lowest BCUT2D eigenvalue weighted by molar-refractivity contribution is -0.129. The van der Waals surface area contributed by atoms with Gasteiger partial charge in [0.15, 0.2) is 5.96 Å². The van der Waals surface area contributed by atoms with Crippen molar-refractivity contribution in [2.75, 3.05) is 26.7 Å². The highest BCUT2D eigenvalue weighted by molar-refractivity contribution is 14.0. The highest BCUT2D eigenvalue weighted by atomic mass is 127. The summed E-state index contributed by atoms with van der Waals surface area (Å²) in [6, 6.07) is 8.40. The topological polar surface area (TPSA) is 66.0 Å². The summed E-state index contributed by atoms with van der Waals surface area (Å²) >= 11 is 0. The lowest BCUT2D eigenvalue weighted by Crippen LogP contribution is -2.44. The fourth-order valence-electron chi connectivity index (χ4n) is 3.18. The number of halogens is 1. The van der Waals surface area contributed by atoms with Crippen molar-refractivity contribution in [2.24, 2.45) is 10.9 Å². The van der Waals surface area contributed by atoms with E-state index < -0.39 is 0 Å². The van der Waals surface area contributed by atoms with Gasteiger partial charge in [0.25, 0.3) is 0 Å². The number of nitrogens with one attached hydrogen (secondary N) is 2. The van der Waals surface area contributed by atoms with E-state index in [0.29, 0.717) is 13.0 Å². The van der Waals surface area contributed by atoms with Crippen LogP contribution in [0.1, 0.15) is 38.2 Å². The molecule has 1 aromatic carbocycles. The Morgan fingerprint density at radius 2 is 2.07 bits per heavy atom. The molecular formula is C20H31IN4O2. The lowest BCUT2D eigenvalue weighted by atomic mass is 10.2. The third-order valence-corrected chi connectivity index (χ3v) is 5.00. The first-order valence-corrected chi connectivity index (χ1v) is 9.65. The molecule has 2 aliphatic rings. The summed E-state index contributed by atoms with van der Waals surface area (Å²) in [7, 11) is 1.77. The number of aliphatic imine (C=N–C) groups is 1. The molecule has 1 aromatic rings. The van der Waals surface area contributed by atoms with E-state index in [1.54, 1.807) is 7.05 Å². The van der Waals surface area contributed by atoms with Gasteiger partial charge in [-0.1, -0.05) is 25.1 Å². The van der Waals surface area contributed by atoms with Crippen molar-refractivity contribution in [3.63, 3.8) is 0 Å². The molecule has 0 bridgehead atoms. The SMILES string of the molecule is CCC(=O)N1CCC(NC(=NC)NCc2ccccc2OCC2CC2)C1.I. The maximum atomic E-state index is 11.8. The van der Waals surface area contributed by atoms with Crippen LogP contribution in [0.25, 0.3) is 0 Å². The van der Waals surface area contributed by atoms with Crippen LogP contribution >= 0.6 is 24.0 Å². The Bertz CT molecular complexity index is 649. The fourth-order valence-corrected chi connectivity index (χ4v) is 3.18. The molecule has 0 spiro atoms. The Labute approximate surface area is 179 Å². The molecule has 1 saturated heterocycles. The van der Waals surface area contributed by atoms with Crippen molar-refractivity contribution in [1.29, 1.82) is 0 Å². The quantitative estimate of drug-likeness (QED) is 0.354. The van der Waals surface area contributed by atoms with Gasteiger partial charge in [0.05, 0.1) is 6.61 Å². The van der Waals surface area contributed by atoms with Gasteiger partial charge in [0.1, 0.15) is 5.75 Å². The average Bonchev–Trinajstić information content (AvgIpc) is 3.39. The van der Waals surface area contributed by atoms with E-state index in [1.807, 2.05) is 30.0 Å². The van der Waals surface area contributed by atoms with Gasteiger partial charge < -0.3 is 20.3 Å². The summed E-state index contributed by atoms with van der Waals surface area (Å²) < 4.78 is 5.97. The van der Waals surface area contributed by atoms with Gasteiger partial charge in [-0.2, -0.15) is 0 Å². The van der Waals surface area contributed by atoms with Crippen LogP contribution < -0.4 is 15.4 Å². The average molecular weight is 486 g/mol. The second kappa shape index (κ2) is 10.7. The van der Waals surface area contributed by atoms with Crippen molar-refractivity contribution in [1.82, 2.24) is 15.5 Å². The Balaban J connectivity index is 0.00000261. The van der Waals surface area contributed by atoms with E-state index in [4.69, 9.17) is 4.74 Å². The van der Waals surface area contributed by atoms with E-state index in [1.165, 1.54) is 12.8 Å². The van der Waals surface area contributed by atoms with E-state index >= 15 is 0 Å². The number of nitrogens with zero attached hydrogens (tertiary/aromatic N) is 2. The molecule has 0 aromatic heterocycles. The molecule has 0 radical (unpaired) electrons. The number of guanidine groups is 1. The number of amides is 1. The van der Waals surface area contributed by atoms with Gasteiger partial charge in [-0.3, -0.25) is 9.79 Å². The van der Waals surface area contributed by atoms with Crippen LogP contribution in [-0.2, 0) is 11.3 Å². The zero-order valence-corrected chi connectivity index (χ0v) is 18.6. The molecular weight excluding hydrogens is 455 g/mol. The van der Waals surface area contributed by atoms with Gasteiger partial charge in [0.2, 0.25) is 5.91 Å². The molecule has 6 nitrogen and oxygen atoms in total. The molecule has 1 saturated carbocycles. The van der Waals surface area contributed by atoms with Crippen LogP contribution in [0.5, 0.6) is 5.75 Å². The zero-order valence-electron chi connectivity index (χ0n) is 16.2. The number of rotatable bonds is 7. The summed E-state index contributed by atoms with van der Waals surface area (Å²) in [5, 5.41) is 6.80. The Morgan fingerprint density at radius 3 is 2.78 bits per heavy atom. The molecule has 1 unspecified atom stereocenters. The monoisotopic (exact) mass is 486 g/mol. The maximum Gasteiger partial charge on any atom is 0.222 e. The second-order valence-corrected chi connectivity index (χ2v) is 7.11. The number of ether oxygens (including phenoxy) is 1. The molecule has 150 valence electrons. The third kappa shape index (κ3) is 6.55. The molecule has 1 aliphatic heterocycles. The van der Waals surface area contributed by atoms with Crippen LogP contribution in [-0.4, -0.2) is 49.6 Å². The first-order valence-electron chi connectivity index (χ1n) is 9.65. The summed E-state index contributed by atoms with van der Waals surface area (Å²) in [5.74, 6) is 2.67. The summed E-state index contributed by atoms with van der Waals surface area (Å²) in [6.45, 7) is 4.94. The van der Waals surface area contributed by atoms with Gasteiger partial charge in [-0.05, 0) is 31.2 Å². The number of carbonyl (C=O) groups is 1. The molecule has 27 heavy (non-hydrogen) atoms. The highest BCUT2D eigenvalue weighted by Gasteiger charge is 2.26. The number of hydrogen-bond acceptors (Lipinski definition) is 3. The van der Waals surface area contributed by atoms with Gasteiger partial charge in [0, 0.05) is 44.7 Å². The number of likely N-dealkylation sites (tertiary alicyclic amines) is 1. The van der Waals surface area contributed by atoms with E-state index in [2.05, 4.69) is 21.7 Å². The van der Waals surface area contributed by atoms with Crippen molar-refractivity contribution >= 4 is 35.8 Å². The van der Waals surface area contributed by atoms with Gasteiger partial charge in [-0.25, -0.2) is 0 Å². The molecule has 1 aliphatic carbocycles. The Morgan fingerprint density at radius 1 is 1.30 bits per heavy atom. The van der Waals surface area contributed by atoms with E-state index in [9.17, 15) is 4.79 Å². The van der Waals surface area contributed by atoms with Crippen molar-refractivity contribution in [3.05, 3.63) is 29.8 Å². The molecule has 2 N–H and O–H groups in total. The van der Waals surface area contributed by atoms with Gasteiger partial charge >= 0.3 is 0 Å². The van der Waals surface area contributed by atoms with Crippen LogP contribution in [0.2, 0.25) is 0 Å². The zero-order chi connectivity index (χ0) is 18.4. The summed E-state index contributed by atoms with van der Waals surface area (Å²) in [5.41, 5.74) is 1.13. The molecule has 1 heterocycles. The van der Waals surface area contributed by atoms with Crippen LogP contribution in [0, 0.1) is 5.92 Å². The standard InChI is InChI=1S/C20H30N4O2.HI/c1-3-19(25)24-11-10-17(13-24)23-20(21-2)22-12-16-6-4-5-7-18(16)26-14-15-8-9-15;/h4-7,15,17H,3,8-14H2,1-2H3,(H2,21,22,23);1H. The Kier molecular flexibility index (Phi) is 8.66. The number of benzene rings is 1. The minimum Gasteiger partial charge on any atom is -0.493 e. The number of hydrogen-bond donors (Lipinski definition) is 2. The first-order chi connectivity index (χ1) is 12.7. The van der Waals surface area contributed by atoms with Gasteiger partial charge in [-0.15, -0.1) is 24.0 Å². The van der Waals surface area contributed by atoms with E-state index in [0.717, 1.165) is 49.3 Å². The molecule has 7 heteroatoms. The largest absolute Gasteiger partial charge is 0.493 e.